The zero-order chi connectivity index (χ0) is 17.1. The predicted octanol–water partition coefficient (Wildman–Crippen LogP) is 4.43. The third-order valence-electron chi connectivity index (χ3n) is 4.02. The van der Waals surface area contributed by atoms with Crippen molar-refractivity contribution in [2.45, 2.75) is 17.7 Å². The maximum Gasteiger partial charge on any atom is 0.161 e. The second kappa shape index (κ2) is 7.20. The van der Waals surface area contributed by atoms with Gasteiger partial charge in [0.15, 0.2) is 11.5 Å². The molecular formula is C19H21NO3S. The molecule has 0 bridgehead atoms. The molecule has 0 fully saturated rings. The van der Waals surface area contributed by atoms with Crippen molar-refractivity contribution >= 4 is 22.7 Å². The van der Waals surface area contributed by atoms with E-state index in [9.17, 15) is 5.11 Å². The van der Waals surface area contributed by atoms with Gasteiger partial charge in [-0.2, -0.15) is 0 Å². The second-order valence-electron chi connectivity index (χ2n) is 5.57. The highest BCUT2D eigenvalue weighted by Crippen LogP contribution is 2.41. The molecule has 1 aromatic heterocycles. The number of benzene rings is 2. The number of phenolic OH excluding ortho intramolecular Hbond substituents is 1. The van der Waals surface area contributed by atoms with Gasteiger partial charge < -0.3 is 20.0 Å². The van der Waals surface area contributed by atoms with Crippen molar-refractivity contribution in [2.75, 3.05) is 19.9 Å². The van der Waals surface area contributed by atoms with E-state index in [4.69, 9.17) is 14.9 Å². The van der Waals surface area contributed by atoms with E-state index in [1.807, 2.05) is 18.4 Å². The Morgan fingerprint density at radius 2 is 2.04 bits per heavy atom. The summed E-state index contributed by atoms with van der Waals surface area (Å²) in [6.45, 7) is 0.692. The van der Waals surface area contributed by atoms with E-state index in [0.717, 1.165) is 40.0 Å². The minimum Gasteiger partial charge on any atom is -0.504 e. The van der Waals surface area contributed by atoms with Gasteiger partial charge in [-0.05, 0) is 61.5 Å². The summed E-state index contributed by atoms with van der Waals surface area (Å²) in [5, 5.41) is 10.9. The molecule has 0 saturated carbocycles. The van der Waals surface area contributed by atoms with Crippen LogP contribution in [-0.2, 0) is 6.42 Å². The quantitative estimate of drug-likeness (QED) is 0.648. The highest BCUT2D eigenvalue weighted by atomic mass is 32.2. The summed E-state index contributed by atoms with van der Waals surface area (Å²) in [6, 6.07) is 11.5. The standard InChI is InChI=1S/C19H21NO3S/c1-22-17-11-13(6-7-15(17)21)18-19(24-2)14-10-12(4-3-9-20)5-8-16(14)23-18/h5-8,10-11,21H,3-4,9,20H2,1-2H3. The van der Waals surface area contributed by atoms with Crippen molar-refractivity contribution in [3.05, 3.63) is 42.0 Å². The van der Waals surface area contributed by atoms with Crippen LogP contribution in [0.2, 0.25) is 0 Å². The smallest absolute Gasteiger partial charge is 0.161 e. The van der Waals surface area contributed by atoms with E-state index in [1.165, 1.54) is 12.7 Å². The number of thioether (sulfide) groups is 1. The van der Waals surface area contributed by atoms with Crippen LogP contribution >= 0.6 is 11.8 Å². The molecule has 4 nitrogen and oxygen atoms in total. The predicted molar refractivity (Wildman–Crippen MR) is 99.0 cm³/mol. The van der Waals surface area contributed by atoms with Gasteiger partial charge >= 0.3 is 0 Å². The molecule has 0 unspecified atom stereocenters. The Labute approximate surface area is 145 Å². The van der Waals surface area contributed by atoms with Gasteiger partial charge in [-0.25, -0.2) is 0 Å². The first-order valence-electron chi connectivity index (χ1n) is 7.84. The van der Waals surface area contributed by atoms with E-state index in [2.05, 4.69) is 12.1 Å². The number of phenols is 1. The fourth-order valence-electron chi connectivity index (χ4n) is 2.80. The Bertz CT molecular complexity index is 857. The maximum atomic E-state index is 9.80. The highest BCUT2D eigenvalue weighted by molar-refractivity contribution is 7.99. The van der Waals surface area contributed by atoms with Crippen LogP contribution in [0.4, 0.5) is 0 Å². The van der Waals surface area contributed by atoms with E-state index >= 15 is 0 Å². The van der Waals surface area contributed by atoms with Crippen LogP contribution in [0.5, 0.6) is 11.5 Å². The Balaban J connectivity index is 2.11. The molecule has 3 rings (SSSR count). The number of hydrogen-bond acceptors (Lipinski definition) is 5. The summed E-state index contributed by atoms with van der Waals surface area (Å²) in [5.41, 5.74) is 8.61. The molecule has 0 atom stereocenters. The summed E-state index contributed by atoms with van der Waals surface area (Å²) in [5.74, 6) is 1.35. The first-order chi connectivity index (χ1) is 11.7. The number of aromatic hydroxyl groups is 1. The van der Waals surface area contributed by atoms with E-state index in [1.54, 1.807) is 23.9 Å². The lowest BCUT2D eigenvalue weighted by atomic mass is 10.1. The van der Waals surface area contributed by atoms with Gasteiger partial charge in [0.2, 0.25) is 0 Å². The molecule has 3 aromatic rings. The number of rotatable bonds is 6. The molecule has 0 aliphatic carbocycles. The molecule has 0 aliphatic heterocycles. The number of fused-ring (bicyclic) bond motifs is 1. The van der Waals surface area contributed by atoms with Crippen molar-refractivity contribution in [2.24, 2.45) is 5.73 Å². The Kier molecular flexibility index (Phi) is 5.02. The average molecular weight is 343 g/mol. The molecule has 2 aromatic carbocycles. The molecule has 0 saturated heterocycles. The summed E-state index contributed by atoms with van der Waals surface area (Å²) >= 11 is 1.65. The monoisotopic (exact) mass is 343 g/mol. The van der Waals surface area contributed by atoms with Gasteiger partial charge in [0.1, 0.15) is 11.3 Å². The zero-order valence-corrected chi connectivity index (χ0v) is 14.7. The average Bonchev–Trinajstić information content (AvgIpc) is 2.98. The van der Waals surface area contributed by atoms with E-state index < -0.39 is 0 Å². The van der Waals surface area contributed by atoms with Crippen molar-refractivity contribution < 1.29 is 14.3 Å². The molecule has 0 aliphatic rings. The highest BCUT2D eigenvalue weighted by Gasteiger charge is 2.17. The van der Waals surface area contributed by atoms with Crippen LogP contribution in [0, 0.1) is 0 Å². The van der Waals surface area contributed by atoms with E-state index in [0.29, 0.717) is 12.3 Å². The van der Waals surface area contributed by atoms with Crippen molar-refractivity contribution in [3.8, 4) is 22.8 Å². The lowest BCUT2D eigenvalue weighted by Gasteiger charge is -2.06. The molecule has 0 radical (unpaired) electrons. The molecule has 3 N–H and O–H groups in total. The van der Waals surface area contributed by atoms with Crippen molar-refractivity contribution in [3.63, 3.8) is 0 Å². The Morgan fingerprint density at radius 1 is 1.21 bits per heavy atom. The largest absolute Gasteiger partial charge is 0.504 e. The number of aryl methyl sites for hydroxylation is 1. The van der Waals surface area contributed by atoms with Crippen molar-refractivity contribution in [1.82, 2.24) is 0 Å². The normalized spacial score (nSPS) is 11.1. The molecule has 0 spiro atoms. The molecular weight excluding hydrogens is 322 g/mol. The first-order valence-corrected chi connectivity index (χ1v) is 9.07. The topological polar surface area (TPSA) is 68.6 Å². The van der Waals surface area contributed by atoms with Crippen LogP contribution in [-0.4, -0.2) is 25.0 Å². The van der Waals surface area contributed by atoms with Crippen molar-refractivity contribution in [1.29, 1.82) is 0 Å². The van der Waals surface area contributed by atoms with Gasteiger partial charge in [-0.1, -0.05) is 6.07 Å². The SMILES string of the molecule is COc1cc(-c2oc3ccc(CCCN)cc3c2SC)ccc1O. The fourth-order valence-corrected chi connectivity index (χ4v) is 3.52. The number of hydrogen-bond donors (Lipinski definition) is 2. The lowest BCUT2D eigenvalue weighted by Crippen LogP contribution is -2.00. The zero-order valence-electron chi connectivity index (χ0n) is 13.8. The molecule has 0 amide bonds. The number of furan rings is 1. The fraction of sp³-hybridized carbons (Fsp3) is 0.263. The van der Waals surface area contributed by atoms with Gasteiger partial charge in [0.25, 0.3) is 0 Å². The number of nitrogens with two attached hydrogens (primary N) is 1. The van der Waals surface area contributed by atoms with Crippen LogP contribution in [0.25, 0.3) is 22.3 Å². The summed E-state index contributed by atoms with van der Waals surface area (Å²) in [7, 11) is 1.54. The third kappa shape index (κ3) is 3.09. The van der Waals surface area contributed by atoms with Gasteiger partial charge in [-0.15, -0.1) is 11.8 Å². The molecule has 24 heavy (non-hydrogen) atoms. The summed E-state index contributed by atoms with van der Waals surface area (Å²) in [4.78, 5) is 1.09. The number of methoxy groups -OCH3 is 1. The Hall–Kier alpha value is -2.11. The molecule has 126 valence electrons. The first kappa shape index (κ1) is 16.7. The third-order valence-corrected chi connectivity index (χ3v) is 4.84. The summed E-state index contributed by atoms with van der Waals surface area (Å²) in [6.07, 6.45) is 3.98. The van der Waals surface area contributed by atoms with Crippen LogP contribution < -0.4 is 10.5 Å². The maximum absolute atomic E-state index is 9.80. The van der Waals surface area contributed by atoms with Crippen LogP contribution in [0.3, 0.4) is 0 Å². The van der Waals surface area contributed by atoms with Gasteiger partial charge in [0, 0.05) is 10.9 Å². The van der Waals surface area contributed by atoms with Gasteiger partial charge in [-0.3, -0.25) is 0 Å². The minimum atomic E-state index is 0.118. The van der Waals surface area contributed by atoms with Crippen LogP contribution in [0.1, 0.15) is 12.0 Å². The number of ether oxygens (including phenoxy) is 1. The minimum absolute atomic E-state index is 0.118. The van der Waals surface area contributed by atoms with Gasteiger partial charge in [0.05, 0.1) is 12.0 Å². The van der Waals surface area contributed by atoms with Crippen LogP contribution in [0.15, 0.2) is 45.7 Å². The lowest BCUT2D eigenvalue weighted by molar-refractivity contribution is 0.373. The Morgan fingerprint density at radius 3 is 2.75 bits per heavy atom. The second-order valence-corrected chi connectivity index (χ2v) is 6.39. The summed E-state index contributed by atoms with van der Waals surface area (Å²) < 4.78 is 11.3. The molecule has 5 heteroatoms. The molecule has 1 heterocycles. The van der Waals surface area contributed by atoms with E-state index in [-0.39, 0.29) is 5.75 Å².